The van der Waals surface area contributed by atoms with Gasteiger partial charge in [-0.05, 0) is 82.5 Å². The third-order valence-corrected chi connectivity index (χ3v) is 8.52. The summed E-state index contributed by atoms with van der Waals surface area (Å²) in [4.78, 5) is 52.5. The molecule has 4 rings (SSSR count). The number of amides is 3. The van der Waals surface area contributed by atoms with Crippen molar-refractivity contribution in [2.45, 2.75) is 96.7 Å². The molecule has 1 heterocycles. The molecule has 294 valence electrons. The summed E-state index contributed by atoms with van der Waals surface area (Å²) < 4.78 is 53.4. The molecule has 1 aromatic heterocycles. The molecule has 55 heavy (non-hydrogen) atoms. The molecule has 0 aliphatic carbocycles. The highest BCUT2D eigenvalue weighted by atomic mass is 19.4. The molecule has 4 N–H and O–H groups in total. The van der Waals surface area contributed by atoms with E-state index in [9.17, 15) is 37.5 Å². The quantitative estimate of drug-likeness (QED) is 0.119. The van der Waals surface area contributed by atoms with Crippen molar-refractivity contribution < 1.29 is 46.9 Å². The third kappa shape index (κ3) is 10.6. The molecule has 0 bridgehead atoms. The molecule has 0 saturated carbocycles. The van der Waals surface area contributed by atoms with Crippen molar-refractivity contribution in [3.63, 3.8) is 0 Å². The number of rotatable bonds is 11. The van der Waals surface area contributed by atoms with Crippen molar-refractivity contribution in [3.05, 3.63) is 113 Å². The predicted molar refractivity (Wildman–Crippen MR) is 199 cm³/mol. The average Bonchev–Trinajstić information content (AvgIpc) is 3.53. The van der Waals surface area contributed by atoms with Crippen LogP contribution in [0.2, 0.25) is 0 Å². The van der Waals surface area contributed by atoms with Gasteiger partial charge >= 0.3 is 24.3 Å². The van der Waals surface area contributed by atoms with Crippen LogP contribution in [0.25, 0.3) is 5.69 Å². The molecule has 1 atom stereocenters. The van der Waals surface area contributed by atoms with Crippen LogP contribution in [0.3, 0.4) is 0 Å². The smallest absolute Gasteiger partial charge is 0.435 e. The van der Waals surface area contributed by atoms with Crippen molar-refractivity contribution in [1.29, 1.82) is 0 Å². The van der Waals surface area contributed by atoms with Gasteiger partial charge in [-0.1, -0.05) is 68.4 Å². The SMILES string of the molecule is CC(C)(C)OC(=O)NCc1cccc(-n2nc(C(F)(F)F)cc2C(=O)Nc2cccc(C(C)(C)[C@@](Cc3ccccc3)(NC(=O)OC(C)(C)C)C(=O)O)c2)c1. The Kier molecular flexibility index (Phi) is 12.1. The first-order valence-corrected chi connectivity index (χ1v) is 17.3. The second kappa shape index (κ2) is 15.9. The first kappa shape index (κ1) is 41.9. The topological polar surface area (TPSA) is 161 Å². The standard InChI is InChI=1S/C40H46F3N5O7/c1-36(2,3)54-34(52)44-24-26-16-12-19-29(20-26)48-30(22-31(47-48)40(41,42)43)32(49)45-28-18-13-17-27(21-28)38(7,8)39(33(50)51,23-25-14-10-9-11-15-25)46-35(53)55-37(4,5)6/h9-22H,23-24H2,1-8H3,(H,44,52)(H,45,49)(H,46,53)(H,50,51)/t39-/m0/s1. The summed E-state index contributed by atoms with van der Waals surface area (Å²) in [6.45, 7) is 13.3. The molecular formula is C40H46F3N5O7. The van der Waals surface area contributed by atoms with Crippen LogP contribution < -0.4 is 16.0 Å². The summed E-state index contributed by atoms with van der Waals surface area (Å²) in [5.41, 5.74) is -5.14. The van der Waals surface area contributed by atoms with Gasteiger partial charge < -0.3 is 30.5 Å². The molecule has 3 aromatic carbocycles. The highest BCUT2D eigenvalue weighted by Gasteiger charge is 2.54. The van der Waals surface area contributed by atoms with E-state index < -0.39 is 63.8 Å². The Morgan fingerprint density at radius 1 is 0.745 bits per heavy atom. The summed E-state index contributed by atoms with van der Waals surface area (Å²) in [6.07, 6.45) is -6.69. The Balaban J connectivity index is 1.71. The maximum atomic E-state index is 14.0. The lowest BCUT2D eigenvalue weighted by atomic mass is 9.65. The van der Waals surface area contributed by atoms with Gasteiger partial charge in [-0.3, -0.25) is 4.79 Å². The Bertz CT molecular complexity index is 2030. The van der Waals surface area contributed by atoms with Crippen LogP contribution in [0, 0.1) is 0 Å². The Labute approximate surface area is 317 Å². The van der Waals surface area contributed by atoms with E-state index in [1.165, 1.54) is 24.3 Å². The van der Waals surface area contributed by atoms with E-state index >= 15 is 0 Å². The van der Waals surface area contributed by atoms with Crippen LogP contribution >= 0.6 is 0 Å². The fraction of sp³-hybridized carbons (Fsp3) is 0.375. The van der Waals surface area contributed by atoms with Gasteiger partial charge in [0.25, 0.3) is 5.91 Å². The summed E-state index contributed by atoms with van der Waals surface area (Å²) in [5.74, 6) is -2.30. The number of carbonyl (C=O) groups excluding carboxylic acids is 3. The van der Waals surface area contributed by atoms with Crippen LogP contribution in [-0.4, -0.2) is 55.7 Å². The number of carbonyl (C=O) groups is 4. The number of carboxylic acid groups (broad SMARTS) is 1. The molecule has 0 fully saturated rings. The highest BCUT2D eigenvalue weighted by Crippen LogP contribution is 2.40. The number of hydrogen-bond acceptors (Lipinski definition) is 7. The zero-order valence-electron chi connectivity index (χ0n) is 31.9. The van der Waals surface area contributed by atoms with Crippen LogP contribution in [0.4, 0.5) is 28.4 Å². The third-order valence-electron chi connectivity index (χ3n) is 8.52. The second-order valence-corrected chi connectivity index (χ2v) is 15.5. The Morgan fingerprint density at radius 2 is 1.35 bits per heavy atom. The number of hydrogen-bond donors (Lipinski definition) is 4. The van der Waals surface area contributed by atoms with Gasteiger partial charge in [0.1, 0.15) is 16.9 Å². The molecule has 3 amide bonds. The molecule has 0 aliphatic rings. The van der Waals surface area contributed by atoms with Crippen LogP contribution in [0.5, 0.6) is 0 Å². The molecule has 4 aromatic rings. The zero-order valence-corrected chi connectivity index (χ0v) is 31.9. The number of aliphatic carboxylic acids is 1. The summed E-state index contributed by atoms with van der Waals surface area (Å²) >= 11 is 0. The Morgan fingerprint density at radius 3 is 1.95 bits per heavy atom. The lowest BCUT2D eigenvalue weighted by molar-refractivity contribution is -0.148. The fourth-order valence-electron chi connectivity index (χ4n) is 5.79. The van der Waals surface area contributed by atoms with Crippen molar-refractivity contribution in [2.24, 2.45) is 0 Å². The van der Waals surface area contributed by atoms with E-state index in [-0.39, 0.29) is 24.3 Å². The van der Waals surface area contributed by atoms with Gasteiger partial charge in [-0.2, -0.15) is 18.3 Å². The number of aromatic nitrogens is 2. The summed E-state index contributed by atoms with van der Waals surface area (Å²) in [5, 5.41) is 22.4. The van der Waals surface area contributed by atoms with Gasteiger partial charge in [0.2, 0.25) is 0 Å². The molecule has 0 unspecified atom stereocenters. The maximum Gasteiger partial charge on any atom is 0.435 e. The molecule has 0 aliphatic heterocycles. The minimum Gasteiger partial charge on any atom is -0.479 e. The molecule has 12 nitrogen and oxygen atoms in total. The number of halogens is 3. The first-order valence-electron chi connectivity index (χ1n) is 17.3. The first-order chi connectivity index (χ1) is 25.4. The largest absolute Gasteiger partial charge is 0.479 e. The van der Waals surface area contributed by atoms with Crippen molar-refractivity contribution >= 4 is 29.8 Å². The van der Waals surface area contributed by atoms with Gasteiger partial charge in [0, 0.05) is 30.1 Å². The normalized spacial score (nSPS) is 13.3. The summed E-state index contributed by atoms with van der Waals surface area (Å²) in [6, 6.07) is 21.6. The van der Waals surface area contributed by atoms with Gasteiger partial charge in [0.15, 0.2) is 11.2 Å². The summed E-state index contributed by atoms with van der Waals surface area (Å²) in [7, 11) is 0. The van der Waals surface area contributed by atoms with Crippen molar-refractivity contribution in [3.8, 4) is 5.69 Å². The van der Waals surface area contributed by atoms with E-state index in [0.29, 0.717) is 22.8 Å². The van der Waals surface area contributed by atoms with Crippen LogP contribution in [0.1, 0.15) is 88.3 Å². The van der Waals surface area contributed by atoms with Gasteiger partial charge in [-0.25, -0.2) is 19.1 Å². The van der Waals surface area contributed by atoms with Gasteiger partial charge in [-0.15, -0.1) is 0 Å². The highest BCUT2D eigenvalue weighted by molar-refractivity contribution is 6.03. The number of ether oxygens (including phenoxy) is 2. The second-order valence-electron chi connectivity index (χ2n) is 15.5. The number of nitrogens with zero attached hydrogens (tertiary/aromatic N) is 2. The van der Waals surface area contributed by atoms with E-state index in [0.717, 1.165) is 4.68 Å². The van der Waals surface area contributed by atoms with Gasteiger partial charge in [0.05, 0.1) is 5.69 Å². The number of benzene rings is 3. The van der Waals surface area contributed by atoms with E-state index in [1.807, 2.05) is 0 Å². The lowest BCUT2D eigenvalue weighted by Crippen LogP contribution is -2.66. The van der Waals surface area contributed by atoms with E-state index in [2.05, 4.69) is 21.0 Å². The van der Waals surface area contributed by atoms with E-state index in [4.69, 9.17) is 9.47 Å². The number of alkyl carbamates (subject to hydrolysis) is 2. The minimum absolute atomic E-state index is 0.0227. The lowest BCUT2D eigenvalue weighted by Gasteiger charge is -2.44. The number of anilines is 1. The maximum absolute atomic E-state index is 14.0. The zero-order chi connectivity index (χ0) is 41.0. The van der Waals surface area contributed by atoms with Crippen molar-refractivity contribution in [1.82, 2.24) is 20.4 Å². The number of nitrogens with one attached hydrogen (secondary N) is 3. The molecular weight excluding hydrogens is 719 g/mol. The average molecular weight is 766 g/mol. The number of alkyl halides is 3. The molecule has 0 radical (unpaired) electrons. The molecule has 0 saturated heterocycles. The molecule has 0 spiro atoms. The molecule has 15 heteroatoms. The predicted octanol–water partition coefficient (Wildman–Crippen LogP) is 8.04. The van der Waals surface area contributed by atoms with Crippen molar-refractivity contribution in [2.75, 3.05) is 5.32 Å². The fourth-order valence-corrected chi connectivity index (χ4v) is 5.79. The number of carboxylic acids is 1. The van der Waals surface area contributed by atoms with E-state index in [1.54, 1.807) is 110 Å². The Hall–Kier alpha value is -5.86. The van der Waals surface area contributed by atoms with Crippen LogP contribution in [-0.2, 0) is 38.8 Å². The minimum atomic E-state index is -4.89. The monoisotopic (exact) mass is 765 g/mol. The van der Waals surface area contributed by atoms with Crippen LogP contribution in [0.15, 0.2) is 84.9 Å².